The summed E-state index contributed by atoms with van der Waals surface area (Å²) in [5, 5.41) is 5.25. The molecule has 41 heavy (non-hydrogen) atoms. The second kappa shape index (κ2) is 11.8. The largest absolute Gasteiger partial charge is 0.457 e. The van der Waals surface area contributed by atoms with Crippen molar-refractivity contribution >= 4 is 22.8 Å². The lowest BCUT2D eigenvalue weighted by Crippen LogP contribution is -2.37. The fourth-order valence-corrected chi connectivity index (χ4v) is 5.21. The average molecular weight is 548 g/mol. The average Bonchev–Trinajstić information content (AvgIpc) is 3.26. The van der Waals surface area contributed by atoms with Crippen molar-refractivity contribution in [2.75, 3.05) is 31.1 Å². The number of carbonyl (C=O) groups excluding carboxylic acids is 1. The summed E-state index contributed by atoms with van der Waals surface area (Å²) in [6.07, 6.45) is 1.42. The number of rotatable bonds is 7. The summed E-state index contributed by atoms with van der Waals surface area (Å²) in [7, 11) is 0. The van der Waals surface area contributed by atoms with Crippen molar-refractivity contribution in [3.63, 3.8) is 0 Å². The predicted molar refractivity (Wildman–Crippen MR) is 159 cm³/mol. The van der Waals surface area contributed by atoms with Crippen LogP contribution in [0.4, 0.5) is 5.82 Å². The van der Waals surface area contributed by atoms with E-state index in [-0.39, 0.29) is 11.8 Å². The number of amides is 1. The molecule has 3 heterocycles. The molecule has 0 bridgehead atoms. The van der Waals surface area contributed by atoms with E-state index in [1.807, 2.05) is 91.5 Å². The summed E-state index contributed by atoms with van der Waals surface area (Å²) >= 11 is 0. The maximum Gasteiger partial charge on any atom is 0.263 e. The Hall–Kier alpha value is -4.72. The number of nitrogens with zero attached hydrogens (tertiary/aromatic N) is 5. The van der Waals surface area contributed by atoms with E-state index in [4.69, 9.17) is 19.2 Å². The molecule has 6 rings (SSSR count). The normalized spacial score (nSPS) is 13.9. The maximum atomic E-state index is 12.8. The van der Waals surface area contributed by atoms with Gasteiger partial charge >= 0.3 is 0 Å². The molecule has 0 N–H and O–H groups in total. The van der Waals surface area contributed by atoms with Gasteiger partial charge in [-0.2, -0.15) is 4.98 Å². The van der Waals surface area contributed by atoms with Crippen molar-refractivity contribution in [1.82, 2.24) is 20.0 Å². The van der Waals surface area contributed by atoms with Gasteiger partial charge in [-0.25, -0.2) is 4.98 Å². The highest BCUT2D eigenvalue weighted by atomic mass is 16.5. The molecule has 0 saturated carbocycles. The minimum absolute atomic E-state index is 0.0279. The summed E-state index contributed by atoms with van der Waals surface area (Å²) in [5.74, 6) is 3.07. The van der Waals surface area contributed by atoms with Gasteiger partial charge in [-0.05, 0) is 36.2 Å². The molecule has 5 aromatic rings. The lowest BCUT2D eigenvalue weighted by Gasteiger charge is -2.24. The van der Waals surface area contributed by atoms with Crippen LogP contribution >= 0.6 is 0 Å². The Morgan fingerprint density at radius 2 is 1.63 bits per heavy atom. The zero-order valence-corrected chi connectivity index (χ0v) is 23.4. The number of benzene rings is 3. The van der Waals surface area contributed by atoms with Crippen LogP contribution in [0.15, 0.2) is 89.5 Å². The summed E-state index contributed by atoms with van der Waals surface area (Å²) in [5.41, 5.74) is 3.08. The van der Waals surface area contributed by atoms with E-state index in [0.717, 1.165) is 47.6 Å². The zero-order chi connectivity index (χ0) is 28.2. The van der Waals surface area contributed by atoms with Gasteiger partial charge in [-0.3, -0.25) is 4.79 Å². The molecule has 0 unspecified atom stereocenters. The van der Waals surface area contributed by atoms with Gasteiger partial charge in [-0.1, -0.05) is 79.7 Å². The highest BCUT2D eigenvalue weighted by Gasteiger charge is 2.26. The molecule has 1 fully saturated rings. The third-order valence-corrected chi connectivity index (χ3v) is 7.26. The Balaban J connectivity index is 1.39. The smallest absolute Gasteiger partial charge is 0.263 e. The van der Waals surface area contributed by atoms with E-state index in [0.29, 0.717) is 42.5 Å². The number of carbonyl (C=O) groups is 1. The molecule has 1 aliphatic heterocycles. The van der Waals surface area contributed by atoms with Crippen molar-refractivity contribution in [1.29, 1.82) is 0 Å². The van der Waals surface area contributed by atoms with E-state index in [1.54, 1.807) is 0 Å². The van der Waals surface area contributed by atoms with Gasteiger partial charge in [0.25, 0.3) is 5.71 Å². The minimum Gasteiger partial charge on any atom is -0.457 e. The standard InChI is InChI=1S/C33H33N5O3/c1-23(2)33(39)38-18-10-17-37(19-20-38)31-29-30(25-13-9-16-27(22-25)40-26-14-7-4-8-15-26)36-41-32(29)35-28(34-31)21-24-11-5-3-6-12-24/h3-9,11-16,22-23H,10,17-21H2,1-2H3. The third kappa shape index (κ3) is 5.91. The second-order valence-electron chi connectivity index (χ2n) is 10.6. The molecule has 3 aromatic carbocycles. The van der Waals surface area contributed by atoms with Crippen LogP contribution in [0.25, 0.3) is 22.4 Å². The quantitative estimate of drug-likeness (QED) is 0.234. The first-order valence-corrected chi connectivity index (χ1v) is 14.1. The van der Waals surface area contributed by atoms with Crippen LogP contribution in [0.1, 0.15) is 31.7 Å². The lowest BCUT2D eigenvalue weighted by atomic mass is 10.1. The van der Waals surface area contributed by atoms with Gasteiger partial charge in [0, 0.05) is 44.1 Å². The van der Waals surface area contributed by atoms with Crippen molar-refractivity contribution in [3.05, 3.63) is 96.3 Å². The summed E-state index contributed by atoms with van der Waals surface area (Å²) < 4.78 is 12.0. The van der Waals surface area contributed by atoms with E-state index >= 15 is 0 Å². The predicted octanol–water partition coefficient (Wildman–Crippen LogP) is 6.36. The van der Waals surface area contributed by atoms with Crippen LogP contribution < -0.4 is 9.64 Å². The number of fused-ring (bicyclic) bond motifs is 1. The molecule has 1 aliphatic rings. The molecule has 2 aromatic heterocycles. The van der Waals surface area contributed by atoms with Gasteiger partial charge in [0.2, 0.25) is 5.91 Å². The van der Waals surface area contributed by atoms with Gasteiger partial charge < -0.3 is 19.1 Å². The van der Waals surface area contributed by atoms with Crippen molar-refractivity contribution in [2.45, 2.75) is 26.7 Å². The molecule has 8 heteroatoms. The van der Waals surface area contributed by atoms with Crippen molar-refractivity contribution in [3.8, 4) is 22.8 Å². The topological polar surface area (TPSA) is 84.6 Å². The fourth-order valence-electron chi connectivity index (χ4n) is 5.21. The number of aromatic nitrogens is 3. The van der Waals surface area contributed by atoms with Gasteiger partial charge in [0.15, 0.2) is 0 Å². The number of hydrogen-bond donors (Lipinski definition) is 0. The Morgan fingerprint density at radius 3 is 2.41 bits per heavy atom. The molecule has 0 atom stereocenters. The molecule has 1 saturated heterocycles. The summed E-state index contributed by atoms with van der Waals surface area (Å²) in [6.45, 7) is 6.70. The van der Waals surface area contributed by atoms with E-state index < -0.39 is 0 Å². The minimum atomic E-state index is -0.0279. The SMILES string of the molecule is CC(C)C(=O)N1CCCN(c2nc(Cc3ccccc3)nc3onc(-c4cccc(Oc5ccccc5)c4)c23)CC1. The zero-order valence-electron chi connectivity index (χ0n) is 23.4. The Kier molecular flexibility index (Phi) is 7.63. The number of anilines is 1. The third-order valence-electron chi connectivity index (χ3n) is 7.26. The highest BCUT2D eigenvalue weighted by Crippen LogP contribution is 2.36. The molecule has 1 amide bonds. The van der Waals surface area contributed by atoms with E-state index in [9.17, 15) is 4.79 Å². The molecule has 0 spiro atoms. The molecule has 8 nitrogen and oxygen atoms in total. The number of hydrogen-bond acceptors (Lipinski definition) is 7. The molecular formula is C33H33N5O3. The lowest BCUT2D eigenvalue weighted by molar-refractivity contribution is -0.134. The van der Waals surface area contributed by atoms with Gasteiger partial charge in [0.05, 0.1) is 0 Å². The van der Waals surface area contributed by atoms with Crippen LogP contribution in [-0.2, 0) is 11.2 Å². The fraction of sp³-hybridized carbons (Fsp3) is 0.273. The van der Waals surface area contributed by atoms with Crippen molar-refractivity contribution in [2.24, 2.45) is 5.92 Å². The van der Waals surface area contributed by atoms with Crippen LogP contribution in [0.2, 0.25) is 0 Å². The molecule has 0 aliphatic carbocycles. The van der Waals surface area contributed by atoms with E-state index in [1.165, 1.54) is 0 Å². The monoisotopic (exact) mass is 547 g/mol. The number of ether oxygens (including phenoxy) is 1. The highest BCUT2D eigenvalue weighted by molar-refractivity contribution is 5.98. The molecule has 208 valence electrons. The molecular weight excluding hydrogens is 514 g/mol. The van der Waals surface area contributed by atoms with Gasteiger partial charge in [-0.15, -0.1) is 0 Å². The Bertz CT molecular complexity index is 1640. The van der Waals surface area contributed by atoms with E-state index in [2.05, 4.69) is 22.2 Å². The van der Waals surface area contributed by atoms with Crippen LogP contribution in [0.5, 0.6) is 11.5 Å². The van der Waals surface area contributed by atoms with Gasteiger partial charge in [0.1, 0.15) is 34.2 Å². The Labute approximate surface area is 239 Å². The van der Waals surface area contributed by atoms with Crippen LogP contribution in [-0.4, -0.2) is 52.1 Å². The first kappa shape index (κ1) is 26.5. The molecule has 0 radical (unpaired) electrons. The first-order chi connectivity index (χ1) is 20.0. The second-order valence-corrected chi connectivity index (χ2v) is 10.6. The maximum absolute atomic E-state index is 12.8. The summed E-state index contributed by atoms with van der Waals surface area (Å²) in [6, 6.07) is 27.7. The van der Waals surface area contributed by atoms with Crippen LogP contribution in [0, 0.1) is 5.92 Å². The van der Waals surface area contributed by atoms with Crippen molar-refractivity contribution < 1.29 is 14.1 Å². The number of para-hydroxylation sites is 1. The summed E-state index contributed by atoms with van der Waals surface area (Å²) in [4.78, 5) is 26.9. The van der Waals surface area contributed by atoms with Crippen LogP contribution in [0.3, 0.4) is 0 Å². The Morgan fingerprint density at radius 1 is 0.878 bits per heavy atom. The first-order valence-electron chi connectivity index (χ1n) is 14.1.